The topological polar surface area (TPSA) is 53.3 Å². The van der Waals surface area contributed by atoms with E-state index in [0.717, 1.165) is 17.5 Å². The number of rotatable bonds is 4. The van der Waals surface area contributed by atoms with Crippen molar-refractivity contribution in [3.8, 4) is 17.3 Å². The zero-order valence-corrected chi connectivity index (χ0v) is 13.7. The molecule has 1 aromatic heterocycles. The van der Waals surface area contributed by atoms with Crippen LogP contribution in [-0.4, -0.2) is 22.1 Å². The van der Waals surface area contributed by atoms with Crippen LogP contribution >= 0.6 is 0 Å². The van der Waals surface area contributed by atoms with E-state index in [2.05, 4.69) is 4.98 Å². The van der Waals surface area contributed by atoms with Crippen molar-refractivity contribution in [3.63, 3.8) is 0 Å². The van der Waals surface area contributed by atoms with Crippen molar-refractivity contribution in [1.29, 1.82) is 0 Å². The summed E-state index contributed by atoms with van der Waals surface area (Å²) in [6.45, 7) is 1.55. The van der Waals surface area contributed by atoms with Crippen molar-refractivity contribution in [2.75, 3.05) is 6.61 Å². The molecule has 0 atom stereocenters. The maximum atomic E-state index is 12.8. The van der Waals surface area contributed by atoms with Gasteiger partial charge in [0.25, 0.3) is 6.01 Å². The fraction of sp³-hybridized carbons (Fsp3) is 0.200. The first-order chi connectivity index (χ1) is 12.3. The molecule has 3 aromatic rings. The lowest BCUT2D eigenvalue weighted by Crippen LogP contribution is -2.19. The smallest absolute Gasteiger partial charge is 0.357 e. The third kappa shape index (κ3) is 3.13. The maximum Gasteiger partial charge on any atom is 0.357 e. The van der Waals surface area contributed by atoms with Crippen molar-refractivity contribution in [1.82, 2.24) is 9.55 Å². The number of ether oxygens (including phenoxy) is 2. The van der Waals surface area contributed by atoms with Crippen molar-refractivity contribution < 1.29 is 14.3 Å². The Bertz CT molecular complexity index is 873. The Kier molecular flexibility index (Phi) is 4.21. The molecule has 1 aliphatic heterocycles. The first kappa shape index (κ1) is 15.4. The highest BCUT2D eigenvalue weighted by atomic mass is 16.5. The van der Waals surface area contributed by atoms with Gasteiger partial charge in [-0.3, -0.25) is 4.57 Å². The van der Waals surface area contributed by atoms with Crippen molar-refractivity contribution in [2.45, 2.75) is 19.6 Å². The highest BCUT2D eigenvalue weighted by Crippen LogP contribution is 2.30. The molecule has 0 amide bonds. The Morgan fingerprint density at radius 1 is 1.08 bits per heavy atom. The molecule has 126 valence electrons. The molecule has 0 radical (unpaired) electrons. The van der Waals surface area contributed by atoms with Gasteiger partial charge in [-0.2, -0.15) is 4.98 Å². The SMILES string of the molecule is O=C(OCc1ccccc1)c1c(-c2ccccc2)nc2n1CCCO2. The second-order valence-electron chi connectivity index (χ2n) is 5.87. The first-order valence-corrected chi connectivity index (χ1v) is 8.33. The number of nitrogens with zero attached hydrogens (tertiary/aromatic N) is 2. The average molecular weight is 334 g/mol. The maximum absolute atomic E-state index is 12.8. The summed E-state index contributed by atoms with van der Waals surface area (Å²) in [6.07, 6.45) is 0.844. The van der Waals surface area contributed by atoms with Crippen LogP contribution in [0, 0.1) is 0 Å². The number of esters is 1. The Balaban J connectivity index is 1.67. The number of aromatic nitrogens is 2. The summed E-state index contributed by atoms with van der Waals surface area (Å²) in [4.78, 5) is 17.3. The predicted molar refractivity (Wildman–Crippen MR) is 93.3 cm³/mol. The summed E-state index contributed by atoms with van der Waals surface area (Å²) in [5.74, 6) is -0.382. The lowest BCUT2D eigenvalue weighted by Gasteiger charge is -2.16. The molecule has 0 saturated heterocycles. The van der Waals surface area contributed by atoms with Gasteiger partial charge in [0, 0.05) is 12.1 Å². The van der Waals surface area contributed by atoms with Gasteiger partial charge in [-0.1, -0.05) is 60.7 Å². The van der Waals surface area contributed by atoms with Gasteiger partial charge >= 0.3 is 5.97 Å². The van der Waals surface area contributed by atoms with E-state index in [0.29, 0.717) is 30.5 Å². The summed E-state index contributed by atoms with van der Waals surface area (Å²) in [6, 6.07) is 19.8. The van der Waals surface area contributed by atoms with Gasteiger partial charge in [-0.05, 0) is 12.0 Å². The predicted octanol–water partition coefficient (Wildman–Crippen LogP) is 3.69. The highest BCUT2D eigenvalue weighted by molar-refractivity contribution is 5.95. The van der Waals surface area contributed by atoms with E-state index < -0.39 is 0 Å². The molecule has 0 aliphatic carbocycles. The zero-order valence-electron chi connectivity index (χ0n) is 13.7. The molecule has 0 saturated carbocycles. The normalized spacial score (nSPS) is 13.0. The molecule has 2 heterocycles. The van der Waals surface area contributed by atoms with Crippen LogP contribution < -0.4 is 4.74 Å². The summed E-state index contributed by atoms with van der Waals surface area (Å²) < 4.78 is 13.0. The van der Waals surface area contributed by atoms with Gasteiger partial charge in [0.15, 0.2) is 5.69 Å². The van der Waals surface area contributed by atoms with Gasteiger partial charge in [0.05, 0.1) is 6.61 Å². The Hall–Kier alpha value is -3.08. The van der Waals surface area contributed by atoms with Crippen LogP contribution in [0.15, 0.2) is 60.7 Å². The molecule has 1 aliphatic rings. The first-order valence-electron chi connectivity index (χ1n) is 8.33. The average Bonchev–Trinajstić information content (AvgIpc) is 3.07. The second kappa shape index (κ2) is 6.81. The lowest BCUT2D eigenvalue weighted by atomic mass is 10.1. The molecule has 0 bridgehead atoms. The van der Waals surface area contributed by atoms with E-state index in [4.69, 9.17) is 9.47 Å². The van der Waals surface area contributed by atoms with E-state index in [1.165, 1.54) is 0 Å². The molecule has 0 unspecified atom stereocenters. The van der Waals surface area contributed by atoms with Gasteiger partial charge < -0.3 is 9.47 Å². The number of carbonyl (C=O) groups excluding carboxylic acids is 1. The van der Waals surface area contributed by atoms with Crippen LogP contribution in [-0.2, 0) is 17.9 Å². The standard InChI is InChI=1S/C20H18N2O3/c23-19(25-14-15-8-3-1-4-9-15)18-17(16-10-5-2-6-11-16)21-20-22(18)12-7-13-24-20/h1-6,8-11H,7,12-14H2. The van der Waals surface area contributed by atoms with Crippen LogP contribution in [0.2, 0.25) is 0 Å². The fourth-order valence-corrected chi connectivity index (χ4v) is 2.93. The zero-order chi connectivity index (χ0) is 17.1. The van der Waals surface area contributed by atoms with Gasteiger partial charge in [-0.15, -0.1) is 0 Å². The van der Waals surface area contributed by atoms with Crippen molar-refractivity contribution in [3.05, 3.63) is 71.9 Å². The molecule has 2 aromatic carbocycles. The fourth-order valence-electron chi connectivity index (χ4n) is 2.93. The molecular formula is C20H18N2O3. The molecule has 25 heavy (non-hydrogen) atoms. The van der Waals surface area contributed by atoms with Gasteiger partial charge in [0.1, 0.15) is 12.3 Å². The largest absolute Gasteiger partial charge is 0.465 e. The second-order valence-corrected chi connectivity index (χ2v) is 5.87. The molecule has 0 fully saturated rings. The minimum Gasteiger partial charge on any atom is -0.465 e. The van der Waals surface area contributed by atoms with Crippen LogP contribution in [0.25, 0.3) is 11.3 Å². The number of hydrogen-bond donors (Lipinski definition) is 0. The molecule has 5 nitrogen and oxygen atoms in total. The van der Waals surface area contributed by atoms with E-state index >= 15 is 0 Å². The van der Waals surface area contributed by atoms with Gasteiger partial charge in [-0.25, -0.2) is 4.79 Å². The van der Waals surface area contributed by atoms with Crippen LogP contribution in [0.4, 0.5) is 0 Å². The Labute approximate surface area is 145 Å². The monoisotopic (exact) mass is 334 g/mol. The van der Waals surface area contributed by atoms with Crippen LogP contribution in [0.3, 0.4) is 0 Å². The number of carbonyl (C=O) groups is 1. The molecule has 0 spiro atoms. The lowest BCUT2D eigenvalue weighted by molar-refractivity contribution is 0.0456. The van der Waals surface area contributed by atoms with Gasteiger partial charge in [0.2, 0.25) is 0 Å². The van der Waals surface area contributed by atoms with Crippen molar-refractivity contribution >= 4 is 5.97 Å². The third-order valence-electron chi connectivity index (χ3n) is 4.14. The Morgan fingerprint density at radius 3 is 2.56 bits per heavy atom. The van der Waals surface area contributed by atoms with Crippen molar-refractivity contribution in [2.24, 2.45) is 0 Å². The molecular weight excluding hydrogens is 316 g/mol. The summed E-state index contributed by atoms with van der Waals surface area (Å²) in [5, 5.41) is 0. The summed E-state index contributed by atoms with van der Waals surface area (Å²) >= 11 is 0. The minimum atomic E-state index is -0.382. The van der Waals surface area contributed by atoms with Crippen LogP contribution in [0.1, 0.15) is 22.5 Å². The van der Waals surface area contributed by atoms with E-state index in [9.17, 15) is 4.79 Å². The summed E-state index contributed by atoms with van der Waals surface area (Å²) in [5.41, 5.74) is 2.89. The Morgan fingerprint density at radius 2 is 1.80 bits per heavy atom. The molecule has 5 heteroatoms. The van der Waals surface area contributed by atoms with E-state index in [-0.39, 0.29) is 12.6 Å². The number of fused-ring (bicyclic) bond motifs is 1. The highest BCUT2D eigenvalue weighted by Gasteiger charge is 2.27. The van der Waals surface area contributed by atoms with E-state index in [1.807, 2.05) is 65.2 Å². The minimum absolute atomic E-state index is 0.231. The quantitative estimate of drug-likeness (QED) is 0.683. The summed E-state index contributed by atoms with van der Waals surface area (Å²) in [7, 11) is 0. The molecule has 4 rings (SSSR count). The van der Waals surface area contributed by atoms with E-state index in [1.54, 1.807) is 0 Å². The third-order valence-corrected chi connectivity index (χ3v) is 4.14. The molecule has 0 N–H and O–H groups in total. The number of hydrogen-bond acceptors (Lipinski definition) is 4. The van der Waals surface area contributed by atoms with Crippen LogP contribution in [0.5, 0.6) is 6.01 Å². The number of benzene rings is 2. The number of imidazole rings is 1.